The number of hydrogen-bond acceptors (Lipinski definition) is 5. The van der Waals surface area contributed by atoms with Crippen molar-refractivity contribution in [2.24, 2.45) is 40.4 Å². The van der Waals surface area contributed by atoms with Gasteiger partial charge in [-0.15, -0.1) is 0 Å². The molecule has 160 valence electrons. The summed E-state index contributed by atoms with van der Waals surface area (Å²) in [4.78, 5) is 49.8. The van der Waals surface area contributed by atoms with Gasteiger partial charge in [0, 0.05) is 24.7 Å². The first-order valence-electron chi connectivity index (χ1n) is 10.7. The Morgan fingerprint density at radius 3 is 2.31 bits per heavy atom. The highest BCUT2D eigenvalue weighted by molar-refractivity contribution is 5.94. The van der Waals surface area contributed by atoms with E-state index in [1.807, 2.05) is 6.92 Å². The number of carbonyl (C=O) groups excluding carboxylic acids is 2. The smallest absolute Gasteiger partial charge is 0.308 e. The average Bonchev–Trinajstić information content (AvgIpc) is 2.62. The van der Waals surface area contributed by atoms with Crippen molar-refractivity contribution in [3.63, 3.8) is 0 Å². The predicted octanol–water partition coefficient (Wildman–Crippen LogP) is 2.91. The van der Waals surface area contributed by atoms with Crippen LogP contribution in [0.15, 0.2) is 0 Å². The van der Waals surface area contributed by atoms with Crippen molar-refractivity contribution in [3.8, 4) is 0 Å². The molecule has 0 unspecified atom stereocenters. The molecule has 2 N–H and O–H groups in total. The molecular formula is C22H30O7. The summed E-state index contributed by atoms with van der Waals surface area (Å²) in [5, 5.41) is 19.8. The lowest BCUT2D eigenvalue weighted by molar-refractivity contribution is -0.236. The van der Waals surface area contributed by atoms with Gasteiger partial charge in [0.05, 0.1) is 11.8 Å². The maximum absolute atomic E-state index is 13.7. The number of hydrogen-bond donors (Lipinski definition) is 2. The molecule has 0 saturated heterocycles. The topological polar surface area (TPSA) is 118 Å². The first kappa shape index (κ1) is 20.4. The van der Waals surface area contributed by atoms with Gasteiger partial charge < -0.3 is 14.9 Å². The van der Waals surface area contributed by atoms with Crippen LogP contribution in [0, 0.1) is 40.4 Å². The normalized spacial score (nSPS) is 48.4. The lowest BCUT2D eigenvalue weighted by Crippen LogP contribution is -2.70. The van der Waals surface area contributed by atoms with Crippen LogP contribution in [0.5, 0.6) is 0 Å². The second-order valence-corrected chi connectivity index (χ2v) is 10.3. The van der Waals surface area contributed by atoms with Crippen LogP contribution >= 0.6 is 0 Å². The minimum atomic E-state index is -1.18. The molecule has 0 aromatic carbocycles. The third-order valence-electron chi connectivity index (χ3n) is 9.07. The maximum atomic E-state index is 13.7. The average molecular weight is 406 g/mol. The van der Waals surface area contributed by atoms with Crippen LogP contribution in [0.2, 0.25) is 0 Å². The SMILES string of the molecule is CC(=O)O[C@]1(C)CCC[C@]2(C)[C@H]3C[C@H]4CC[C@]3(C(=O)C[C@@H]21)[C@@H](C(=O)O)[C@H]4C(=O)O. The minimum absolute atomic E-state index is 0.137. The first-order valence-corrected chi connectivity index (χ1v) is 10.7. The number of aliphatic carboxylic acids is 2. The Morgan fingerprint density at radius 1 is 1.03 bits per heavy atom. The summed E-state index contributed by atoms with van der Waals surface area (Å²) in [7, 11) is 0. The summed E-state index contributed by atoms with van der Waals surface area (Å²) in [5.41, 5.74) is -2.23. The molecule has 0 heterocycles. The number of carboxylic acid groups (broad SMARTS) is 2. The Bertz CT molecular complexity index is 790. The monoisotopic (exact) mass is 406 g/mol. The van der Waals surface area contributed by atoms with Crippen LogP contribution in [-0.2, 0) is 23.9 Å². The van der Waals surface area contributed by atoms with E-state index in [0.717, 1.165) is 12.8 Å². The van der Waals surface area contributed by atoms with Crippen molar-refractivity contribution in [2.75, 3.05) is 0 Å². The molecule has 0 aliphatic heterocycles. The Kier molecular flexibility index (Phi) is 4.41. The van der Waals surface area contributed by atoms with Crippen molar-refractivity contribution >= 4 is 23.7 Å². The molecule has 29 heavy (non-hydrogen) atoms. The van der Waals surface area contributed by atoms with Gasteiger partial charge in [-0.2, -0.15) is 0 Å². The number of esters is 1. The van der Waals surface area contributed by atoms with Crippen LogP contribution < -0.4 is 0 Å². The van der Waals surface area contributed by atoms with Gasteiger partial charge in [0.1, 0.15) is 11.4 Å². The number of carbonyl (C=O) groups is 4. The van der Waals surface area contributed by atoms with E-state index in [0.29, 0.717) is 25.7 Å². The van der Waals surface area contributed by atoms with Gasteiger partial charge in [-0.25, -0.2) is 0 Å². The molecule has 0 aromatic heterocycles. The zero-order chi connectivity index (χ0) is 21.4. The highest BCUT2D eigenvalue weighted by Crippen LogP contribution is 2.71. The van der Waals surface area contributed by atoms with Crippen LogP contribution in [-0.4, -0.2) is 39.5 Å². The summed E-state index contributed by atoms with van der Waals surface area (Å²) in [5.74, 6) is -5.56. The van der Waals surface area contributed by atoms with Crippen molar-refractivity contribution in [2.45, 2.75) is 71.3 Å². The third-order valence-corrected chi connectivity index (χ3v) is 9.07. The van der Waals surface area contributed by atoms with Gasteiger partial charge in [-0.1, -0.05) is 6.92 Å². The predicted molar refractivity (Wildman–Crippen MR) is 101 cm³/mol. The van der Waals surface area contributed by atoms with Crippen molar-refractivity contribution in [1.29, 1.82) is 0 Å². The molecule has 0 amide bonds. The van der Waals surface area contributed by atoms with Crippen LogP contribution in [0.25, 0.3) is 0 Å². The number of Topliss-reactive ketones (excluding diaryl/α,β-unsaturated/α-hetero) is 1. The fourth-order valence-corrected chi connectivity index (χ4v) is 8.16. The fraction of sp³-hybridized carbons (Fsp3) is 0.818. The number of ether oxygens (including phenoxy) is 1. The quantitative estimate of drug-likeness (QED) is 0.692. The maximum Gasteiger partial charge on any atom is 0.308 e. The van der Waals surface area contributed by atoms with E-state index in [1.165, 1.54) is 6.92 Å². The second-order valence-electron chi connectivity index (χ2n) is 10.3. The van der Waals surface area contributed by atoms with E-state index >= 15 is 0 Å². The number of rotatable bonds is 3. The molecule has 5 rings (SSSR count). The molecule has 0 radical (unpaired) electrons. The Morgan fingerprint density at radius 2 is 1.72 bits per heavy atom. The summed E-state index contributed by atoms with van der Waals surface area (Å²) < 4.78 is 5.75. The van der Waals surface area contributed by atoms with Crippen molar-refractivity contribution < 1.29 is 34.1 Å². The van der Waals surface area contributed by atoms with Crippen LogP contribution in [0.4, 0.5) is 0 Å². The Balaban J connectivity index is 1.83. The van der Waals surface area contributed by atoms with Gasteiger partial charge >= 0.3 is 17.9 Å². The lowest BCUT2D eigenvalue weighted by Gasteiger charge is -2.68. The molecule has 7 heteroatoms. The Labute approximate surface area is 170 Å². The molecule has 7 nitrogen and oxygen atoms in total. The molecule has 2 bridgehead atoms. The van der Waals surface area contributed by atoms with E-state index < -0.39 is 34.8 Å². The van der Waals surface area contributed by atoms with Crippen molar-refractivity contribution in [3.05, 3.63) is 0 Å². The standard InChI is InChI=1S/C22H30O7/c1-11(23)29-21(3)7-4-6-20(2)13(21)10-15(24)22-8-5-12(9-14(20)22)16(18(25)26)17(22)19(27)28/h12-14,16-17H,4-10H2,1-3H3,(H,25,26)(H,27,28)/t12-,13+,14-,16+,17-,20+,21-,22+/m1/s1. The number of fused-ring (bicyclic) bond motifs is 3. The van der Waals surface area contributed by atoms with Gasteiger partial charge in [0.2, 0.25) is 0 Å². The van der Waals surface area contributed by atoms with Gasteiger partial charge in [0.25, 0.3) is 0 Å². The summed E-state index contributed by atoms with van der Waals surface area (Å²) in [6, 6.07) is 0. The van der Waals surface area contributed by atoms with Crippen LogP contribution in [0.3, 0.4) is 0 Å². The lowest BCUT2D eigenvalue weighted by atomic mass is 9.34. The number of carboxylic acids is 2. The van der Waals surface area contributed by atoms with Gasteiger partial charge in [-0.3, -0.25) is 19.2 Å². The molecule has 5 fully saturated rings. The summed E-state index contributed by atoms with van der Waals surface area (Å²) >= 11 is 0. The van der Waals surface area contributed by atoms with Gasteiger partial charge in [-0.05, 0) is 62.7 Å². The zero-order valence-electron chi connectivity index (χ0n) is 17.3. The zero-order valence-corrected chi connectivity index (χ0v) is 17.3. The van der Waals surface area contributed by atoms with E-state index in [1.54, 1.807) is 0 Å². The molecule has 0 aromatic rings. The van der Waals surface area contributed by atoms with Crippen LogP contribution in [0.1, 0.15) is 65.7 Å². The highest BCUT2D eigenvalue weighted by Gasteiger charge is 2.73. The third kappa shape index (κ3) is 2.55. The first-order chi connectivity index (χ1) is 13.5. The molecule has 5 aliphatic carbocycles. The largest absolute Gasteiger partial charge is 0.481 e. The minimum Gasteiger partial charge on any atom is -0.481 e. The molecule has 8 atom stereocenters. The van der Waals surface area contributed by atoms with E-state index in [9.17, 15) is 29.4 Å². The van der Waals surface area contributed by atoms with E-state index in [-0.39, 0.29) is 41.3 Å². The molecular weight excluding hydrogens is 376 g/mol. The van der Waals surface area contributed by atoms with Gasteiger partial charge in [0.15, 0.2) is 0 Å². The number of ketones is 1. The highest BCUT2D eigenvalue weighted by atomic mass is 16.6. The summed E-state index contributed by atoms with van der Waals surface area (Å²) in [6.07, 6.45) is 4.11. The molecule has 1 spiro atoms. The van der Waals surface area contributed by atoms with E-state index in [4.69, 9.17) is 4.74 Å². The van der Waals surface area contributed by atoms with Crippen molar-refractivity contribution in [1.82, 2.24) is 0 Å². The Hall–Kier alpha value is -1.92. The second kappa shape index (κ2) is 6.29. The fourth-order valence-electron chi connectivity index (χ4n) is 8.16. The summed E-state index contributed by atoms with van der Waals surface area (Å²) in [6.45, 7) is 5.40. The molecule has 5 saturated carbocycles. The van der Waals surface area contributed by atoms with E-state index in [2.05, 4.69) is 6.92 Å². The molecule has 5 aliphatic rings.